The van der Waals surface area contributed by atoms with Gasteiger partial charge in [-0.15, -0.1) is 11.6 Å². The molecule has 11 heavy (non-hydrogen) atoms. The molecule has 1 atom stereocenters. The number of aliphatic hydroxyl groups is 1. The Hall–Kier alpha value is 1.80. The molecule has 62 valence electrons. The summed E-state index contributed by atoms with van der Waals surface area (Å²) in [5.74, 6) is 0.243. The Labute approximate surface area is 113 Å². The standard InChI is InChI=1S/C4H9ClO4S.K/c5-3-1-2-4(6)10(7,8)9;/h4,6H,1-3H2,(H,7,8,9);/q;+1/p-1. The van der Waals surface area contributed by atoms with Crippen LogP contribution in [0.25, 0.3) is 0 Å². The van der Waals surface area contributed by atoms with E-state index in [4.69, 9.17) is 16.7 Å². The van der Waals surface area contributed by atoms with E-state index in [0.717, 1.165) is 0 Å². The largest absolute Gasteiger partial charge is 1.00 e. The van der Waals surface area contributed by atoms with Crippen LogP contribution in [0.4, 0.5) is 0 Å². The van der Waals surface area contributed by atoms with E-state index in [2.05, 4.69) is 0 Å². The van der Waals surface area contributed by atoms with Gasteiger partial charge in [0.1, 0.15) is 15.6 Å². The molecule has 0 saturated carbocycles. The SMILES string of the molecule is O=S(=O)([O-])C(O)CCCCl.[K+]. The minimum atomic E-state index is -4.53. The van der Waals surface area contributed by atoms with Crippen molar-refractivity contribution in [3.05, 3.63) is 0 Å². The van der Waals surface area contributed by atoms with Crippen LogP contribution in [0.15, 0.2) is 0 Å². The van der Waals surface area contributed by atoms with Crippen LogP contribution in [-0.2, 0) is 10.1 Å². The topological polar surface area (TPSA) is 77.4 Å². The zero-order chi connectivity index (χ0) is 8.20. The normalized spacial score (nSPS) is 13.7. The summed E-state index contributed by atoms with van der Waals surface area (Å²) in [4.78, 5) is 0. The van der Waals surface area contributed by atoms with Crippen molar-refractivity contribution in [2.75, 3.05) is 5.88 Å². The molecule has 0 aliphatic carbocycles. The average Bonchev–Trinajstić information content (AvgIpc) is 1.80. The third kappa shape index (κ3) is 8.14. The predicted molar refractivity (Wildman–Crippen MR) is 35.7 cm³/mol. The molecule has 0 bridgehead atoms. The van der Waals surface area contributed by atoms with Gasteiger partial charge in [-0.05, 0) is 12.8 Å². The Bertz CT molecular complexity index is 181. The minimum absolute atomic E-state index is 0. The fourth-order valence-electron chi connectivity index (χ4n) is 0.396. The van der Waals surface area contributed by atoms with Gasteiger partial charge in [0.05, 0.1) is 0 Å². The Morgan fingerprint density at radius 1 is 1.55 bits per heavy atom. The maximum absolute atomic E-state index is 9.99. The van der Waals surface area contributed by atoms with Gasteiger partial charge in [-0.25, -0.2) is 8.42 Å². The van der Waals surface area contributed by atoms with E-state index in [1.807, 2.05) is 0 Å². The average molecular weight is 227 g/mol. The summed E-state index contributed by atoms with van der Waals surface area (Å²) in [6, 6.07) is 0. The molecule has 1 N–H and O–H groups in total. The maximum atomic E-state index is 9.99. The molecule has 0 amide bonds. The first-order valence-corrected chi connectivity index (χ1v) is 4.68. The maximum Gasteiger partial charge on any atom is 1.00 e. The number of alkyl halides is 1. The first-order chi connectivity index (χ1) is 4.48. The summed E-state index contributed by atoms with van der Waals surface area (Å²) in [6.45, 7) is 0. The van der Waals surface area contributed by atoms with Crippen molar-refractivity contribution in [1.29, 1.82) is 0 Å². The van der Waals surface area contributed by atoms with Crippen LogP contribution in [0, 0.1) is 0 Å². The number of hydrogen-bond acceptors (Lipinski definition) is 4. The predicted octanol–water partition coefficient (Wildman–Crippen LogP) is -3.13. The van der Waals surface area contributed by atoms with Crippen LogP contribution in [0.1, 0.15) is 12.8 Å². The molecule has 1 unspecified atom stereocenters. The van der Waals surface area contributed by atoms with Gasteiger partial charge in [-0.1, -0.05) is 0 Å². The van der Waals surface area contributed by atoms with Crippen molar-refractivity contribution in [3.8, 4) is 0 Å². The second kappa shape index (κ2) is 7.22. The van der Waals surface area contributed by atoms with Crippen LogP contribution in [-0.4, -0.2) is 29.4 Å². The van der Waals surface area contributed by atoms with Gasteiger partial charge < -0.3 is 9.66 Å². The molecule has 4 nitrogen and oxygen atoms in total. The first-order valence-electron chi connectivity index (χ1n) is 2.67. The van der Waals surface area contributed by atoms with Crippen LogP contribution >= 0.6 is 11.6 Å². The van der Waals surface area contributed by atoms with Gasteiger partial charge in [-0.2, -0.15) is 0 Å². The number of hydrogen-bond donors (Lipinski definition) is 1. The molecule has 0 aromatic heterocycles. The van der Waals surface area contributed by atoms with E-state index in [-0.39, 0.29) is 63.7 Å². The van der Waals surface area contributed by atoms with Gasteiger partial charge >= 0.3 is 51.4 Å². The molecular weight excluding hydrogens is 219 g/mol. The third-order valence-electron chi connectivity index (χ3n) is 0.918. The second-order valence-corrected chi connectivity index (χ2v) is 3.69. The van der Waals surface area contributed by atoms with Crippen molar-refractivity contribution in [2.24, 2.45) is 0 Å². The van der Waals surface area contributed by atoms with E-state index in [0.29, 0.717) is 6.42 Å². The number of halogens is 1. The Morgan fingerprint density at radius 3 is 2.27 bits per heavy atom. The van der Waals surface area contributed by atoms with E-state index >= 15 is 0 Å². The van der Waals surface area contributed by atoms with Gasteiger partial charge in [0, 0.05) is 5.88 Å². The zero-order valence-corrected chi connectivity index (χ0v) is 10.9. The molecule has 7 heteroatoms. The minimum Gasteiger partial charge on any atom is -0.746 e. The Kier molecular flexibility index (Phi) is 10.0. The summed E-state index contributed by atoms with van der Waals surface area (Å²) in [7, 11) is -4.53. The molecule has 0 radical (unpaired) electrons. The molecule has 0 aliphatic rings. The number of rotatable bonds is 4. The van der Waals surface area contributed by atoms with Gasteiger partial charge in [0.2, 0.25) is 0 Å². The van der Waals surface area contributed by atoms with Crippen LogP contribution < -0.4 is 51.4 Å². The zero-order valence-electron chi connectivity index (χ0n) is 6.16. The van der Waals surface area contributed by atoms with Crippen LogP contribution in [0.2, 0.25) is 0 Å². The molecule has 0 aromatic rings. The van der Waals surface area contributed by atoms with E-state index in [9.17, 15) is 13.0 Å². The summed E-state index contributed by atoms with van der Waals surface area (Å²) in [5, 5.41) is 8.56. The molecule has 0 fully saturated rings. The van der Waals surface area contributed by atoms with Crippen LogP contribution in [0.5, 0.6) is 0 Å². The first kappa shape index (κ1) is 15.3. The molecule has 0 spiro atoms. The molecular formula is C4H8ClKO4S. The van der Waals surface area contributed by atoms with Gasteiger partial charge in [-0.3, -0.25) is 0 Å². The molecule has 0 aliphatic heterocycles. The summed E-state index contributed by atoms with van der Waals surface area (Å²) < 4.78 is 30.0. The van der Waals surface area contributed by atoms with Crippen molar-refractivity contribution >= 4 is 21.7 Å². The quantitative estimate of drug-likeness (QED) is 0.313. The fraction of sp³-hybridized carbons (Fsp3) is 1.00. The van der Waals surface area contributed by atoms with Crippen molar-refractivity contribution in [3.63, 3.8) is 0 Å². The summed E-state index contributed by atoms with van der Waals surface area (Å²) in [6.07, 6.45) is 0.236. The van der Waals surface area contributed by atoms with Crippen molar-refractivity contribution < 1.29 is 69.5 Å². The van der Waals surface area contributed by atoms with E-state index < -0.39 is 15.6 Å². The van der Waals surface area contributed by atoms with E-state index in [1.165, 1.54) is 0 Å². The molecule has 0 aromatic carbocycles. The monoisotopic (exact) mass is 226 g/mol. The van der Waals surface area contributed by atoms with E-state index in [1.54, 1.807) is 0 Å². The summed E-state index contributed by atoms with van der Waals surface area (Å²) >= 11 is 5.19. The smallest absolute Gasteiger partial charge is 0.746 e. The number of aliphatic hydroxyl groups excluding tert-OH is 1. The van der Waals surface area contributed by atoms with Gasteiger partial charge in [0.25, 0.3) is 0 Å². The molecule has 0 rings (SSSR count). The fourth-order valence-corrected chi connectivity index (χ4v) is 1.01. The third-order valence-corrected chi connectivity index (χ3v) is 2.09. The molecule has 0 saturated heterocycles. The molecule has 0 heterocycles. The Balaban J connectivity index is 0. The van der Waals surface area contributed by atoms with Crippen molar-refractivity contribution in [2.45, 2.75) is 18.3 Å². The van der Waals surface area contributed by atoms with Crippen molar-refractivity contribution in [1.82, 2.24) is 0 Å². The summed E-state index contributed by atoms with van der Waals surface area (Å²) in [5.41, 5.74) is -1.80. The van der Waals surface area contributed by atoms with Crippen LogP contribution in [0.3, 0.4) is 0 Å². The van der Waals surface area contributed by atoms with Gasteiger partial charge in [0.15, 0.2) is 0 Å². The Morgan fingerprint density at radius 2 is 2.00 bits per heavy atom. The second-order valence-electron chi connectivity index (χ2n) is 1.78.